The molecule has 2 nitrogen and oxygen atoms in total. The fraction of sp³-hybridized carbons (Fsp3) is 0. The first-order valence-corrected chi connectivity index (χ1v) is 17.2. The van der Waals surface area contributed by atoms with E-state index in [0.717, 1.165) is 5.69 Å². The number of aromatic nitrogens is 2. The van der Waals surface area contributed by atoms with Crippen LogP contribution in [0.5, 0.6) is 0 Å². The Morgan fingerprint density at radius 2 is 0.740 bits per heavy atom. The molecule has 0 amide bonds. The van der Waals surface area contributed by atoms with E-state index in [4.69, 9.17) is 0 Å². The van der Waals surface area contributed by atoms with Crippen LogP contribution in [0.1, 0.15) is 0 Å². The number of hydrogen-bond acceptors (Lipinski definition) is 0. The molecule has 50 heavy (non-hydrogen) atoms. The molecule has 2 heteroatoms. The smallest absolute Gasteiger partial charge is 0.0547 e. The van der Waals surface area contributed by atoms with Gasteiger partial charge in [0, 0.05) is 32.7 Å². The van der Waals surface area contributed by atoms with Gasteiger partial charge in [0.05, 0.1) is 33.4 Å². The summed E-state index contributed by atoms with van der Waals surface area (Å²) in [6.45, 7) is 0. The van der Waals surface area contributed by atoms with E-state index < -0.39 is 0 Å². The third kappa shape index (κ3) is 4.36. The third-order valence-electron chi connectivity index (χ3n) is 10.1. The van der Waals surface area contributed by atoms with Crippen LogP contribution >= 0.6 is 0 Å². The average Bonchev–Trinajstić information content (AvgIpc) is 3.71. The van der Waals surface area contributed by atoms with Gasteiger partial charge in [0.25, 0.3) is 0 Å². The van der Waals surface area contributed by atoms with Crippen LogP contribution in [0.2, 0.25) is 0 Å². The Morgan fingerprint density at radius 1 is 0.260 bits per heavy atom. The highest BCUT2D eigenvalue weighted by Gasteiger charge is 2.21. The van der Waals surface area contributed by atoms with Crippen molar-refractivity contribution in [2.45, 2.75) is 0 Å². The van der Waals surface area contributed by atoms with Crippen molar-refractivity contribution in [3.63, 3.8) is 0 Å². The maximum absolute atomic E-state index is 2.47. The van der Waals surface area contributed by atoms with E-state index in [1.807, 2.05) is 0 Å². The lowest BCUT2D eigenvalue weighted by Gasteiger charge is -2.17. The van der Waals surface area contributed by atoms with E-state index in [9.17, 15) is 0 Å². The van der Waals surface area contributed by atoms with Gasteiger partial charge >= 0.3 is 0 Å². The quantitative estimate of drug-likeness (QED) is 0.178. The van der Waals surface area contributed by atoms with Crippen molar-refractivity contribution in [2.75, 3.05) is 0 Å². The first-order chi connectivity index (χ1) is 24.8. The van der Waals surface area contributed by atoms with E-state index >= 15 is 0 Å². The highest BCUT2D eigenvalue weighted by Crippen LogP contribution is 2.44. The van der Waals surface area contributed by atoms with Crippen LogP contribution in [0.15, 0.2) is 194 Å². The van der Waals surface area contributed by atoms with Crippen molar-refractivity contribution >= 4 is 43.6 Å². The van der Waals surface area contributed by atoms with Crippen molar-refractivity contribution in [3.8, 4) is 44.8 Å². The Hall–Kier alpha value is -6.64. The topological polar surface area (TPSA) is 9.86 Å². The molecule has 8 aromatic carbocycles. The second-order valence-electron chi connectivity index (χ2n) is 12.9. The van der Waals surface area contributed by atoms with Gasteiger partial charge in [-0.05, 0) is 64.7 Å². The molecule has 0 spiro atoms. The summed E-state index contributed by atoms with van der Waals surface area (Å²) >= 11 is 0. The predicted octanol–water partition coefficient (Wildman–Crippen LogP) is 12.9. The lowest BCUT2D eigenvalue weighted by molar-refractivity contribution is 1.18. The molecular formula is C48H32N2. The zero-order chi connectivity index (χ0) is 33.0. The van der Waals surface area contributed by atoms with Crippen LogP contribution in [0, 0.1) is 0 Å². The van der Waals surface area contributed by atoms with E-state index in [-0.39, 0.29) is 0 Å². The molecule has 10 aromatic rings. The molecule has 2 aromatic heterocycles. The van der Waals surface area contributed by atoms with E-state index in [0.29, 0.717) is 0 Å². The minimum atomic E-state index is 1.16. The van der Waals surface area contributed by atoms with Crippen LogP contribution in [0.25, 0.3) is 88.4 Å². The van der Waals surface area contributed by atoms with Gasteiger partial charge < -0.3 is 9.13 Å². The number of nitrogens with zero attached hydrogens (tertiary/aromatic N) is 2. The van der Waals surface area contributed by atoms with Crippen LogP contribution in [-0.2, 0) is 0 Å². The van der Waals surface area contributed by atoms with Gasteiger partial charge in [-0.1, -0.05) is 152 Å². The van der Waals surface area contributed by atoms with Crippen molar-refractivity contribution < 1.29 is 0 Å². The van der Waals surface area contributed by atoms with Crippen LogP contribution in [-0.4, -0.2) is 9.13 Å². The van der Waals surface area contributed by atoms with Gasteiger partial charge in [0.15, 0.2) is 0 Å². The lowest BCUT2D eigenvalue weighted by Crippen LogP contribution is -1.99. The van der Waals surface area contributed by atoms with Crippen molar-refractivity contribution in [2.24, 2.45) is 0 Å². The molecule has 0 aliphatic rings. The van der Waals surface area contributed by atoms with Crippen molar-refractivity contribution in [1.82, 2.24) is 9.13 Å². The average molecular weight is 637 g/mol. The number of rotatable bonds is 5. The minimum absolute atomic E-state index is 1.16. The first-order valence-electron chi connectivity index (χ1n) is 17.2. The molecular weight excluding hydrogens is 605 g/mol. The number of hydrogen-bond donors (Lipinski definition) is 0. The largest absolute Gasteiger partial charge is 0.309 e. The molecule has 0 atom stereocenters. The third-order valence-corrected chi connectivity index (χ3v) is 10.1. The highest BCUT2D eigenvalue weighted by atomic mass is 15.0. The summed E-state index contributed by atoms with van der Waals surface area (Å²) in [5.74, 6) is 0. The SMILES string of the molecule is c1ccc(-c2ccc(-n3c4ccccc4c4c(-c5ccccc5-n5c6ccccc6c6ccccc65)cccc43)c(-c3ccccc3)c2)cc1. The molecule has 0 fully saturated rings. The van der Waals surface area contributed by atoms with E-state index in [2.05, 4.69) is 203 Å². The highest BCUT2D eigenvalue weighted by molar-refractivity contribution is 6.17. The number of fused-ring (bicyclic) bond motifs is 6. The standard InChI is InChI=1S/C48H32N2/c1-3-16-33(17-4-1)35-30-31-46(41(32-35)34-18-5-2-6-19-34)50-45-28-14-10-23-40(45)48-39(24-15-29-47(48)50)38-22-9-13-27-44(38)49-42-25-11-7-20-36(42)37-21-8-12-26-43(37)49/h1-32H. The number of benzene rings is 8. The summed E-state index contributed by atoms with van der Waals surface area (Å²) in [5, 5.41) is 5.02. The van der Waals surface area contributed by atoms with Crippen LogP contribution < -0.4 is 0 Å². The predicted molar refractivity (Wildman–Crippen MR) is 211 cm³/mol. The van der Waals surface area contributed by atoms with Crippen LogP contribution in [0.3, 0.4) is 0 Å². The maximum Gasteiger partial charge on any atom is 0.0547 e. The minimum Gasteiger partial charge on any atom is -0.309 e. The summed E-state index contributed by atoms with van der Waals surface area (Å²) in [6.07, 6.45) is 0. The summed E-state index contributed by atoms with van der Waals surface area (Å²) < 4.78 is 4.90. The van der Waals surface area contributed by atoms with Gasteiger partial charge in [-0.25, -0.2) is 0 Å². The van der Waals surface area contributed by atoms with Gasteiger partial charge in [-0.15, -0.1) is 0 Å². The fourth-order valence-electron chi connectivity index (χ4n) is 7.97. The second-order valence-corrected chi connectivity index (χ2v) is 12.9. The molecule has 0 N–H and O–H groups in total. The van der Waals surface area contributed by atoms with Crippen molar-refractivity contribution in [3.05, 3.63) is 194 Å². The number of para-hydroxylation sites is 4. The Balaban J connectivity index is 1.27. The monoisotopic (exact) mass is 636 g/mol. The first kappa shape index (κ1) is 28.4. The molecule has 2 heterocycles. The van der Waals surface area contributed by atoms with Gasteiger partial charge in [0.1, 0.15) is 0 Å². The van der Waals surface area contributed by atoms with Gasteiger partial charge in [0.2, 0.25) is 0 Å². The summed E-state index contributed by atoms with van der Waals surface area (Å²) in [4.78, 5) is 0. The van der Waals surface area contributed by atoms with Gasteiger partial charge in [-0.2, -0.15) is 0 Å². The maximum atomic E-state index is 2.47. The summed E-state index contributed by atoms with van der Waals surface area (Å²) in [7, 11) is 0. The molecule has 0 bridgehead atoms. The molecule has 0 radical (unpaired) electrons. The zero-order valence-corrected chi connectivity index (χ0v) is 27.4. The Morgan fingerprint density at radius 3 is 1.44 bits per heavy atom. The van der Waals surface area contributed by atoms with Gasteiger partial charge in [-0.3, -0.25) is 0 Å². The second kappa shape index (κ2) is 11.5. The molecule has 0 saturated carbocycles. The summed E-state index contributed by atoms with van der Waals surface area (Å²) in [5.41, 5.74) is 14.4. The molecule has 0 aliphatic heterocycles. The Kier molecular flexibility index (Phi) is 6.53. The van der Waals surface area contributed by atoms with E-state index in [1.165, 1.54) is 82.7 Å². The molecule has 0 saturated heterocycles. The Bertz CT molecular complexity index is 2800. The molecule has 0 unspecified atom stereocenters. The lowest BCUT2D eigenvalue weighted by atomic mass is 9.97. The fourth-order valence-corrected chi connectivity index (χ4v) is 7.97. The van der Waals surface area contributed by atoms with Crippen molar-refractivity contribution in [1.29, 1.82) is 0 Å². The zero-order valence-electron chi connectivity index (χ0n) is 27.4. The molecule has 234 valence electrons. The normalized spacial score (nSPS) is 11.6. The summed E-state index contributed by atoms with van der Waals surface area (Å²) in [6, 6.07) is 70.4. The molecule has 10 rings (SSSR count). The Labute approximate surface area is 290 Å². The van der Waals surface area contributed by atoms with Crippen LogP contribution in [0.4, 0.5) is 0 Å². The van der Waals surface area contributed by atoms with E-state index in [1.54, 1.807) is 0 Å². The molecule has 0 aliphatic carbocycles.